The van der Waals surface area contributed by atoms with Crippen LogP contribution in [0.5, 0.6) is 0 Å². The van der Waals surface area contributed by atoms with Gasteiger partial charge in [-0.15, -0.1) is 0 Å². The summed E-state index contributed by atoms with van der Waals surface area (Å²) < 4.78 is 34.5. The number of halogens is 1. The minimum atomic E-state index is -3.65. The first-order valence-electron chi connectivity index (χ1n) is 8.27. The number of anilines is 1. The fourth-order valence-electron chi connectivity index (χ4n) is 2.66. The molecule has 3 aromatic rings. The topological polar surface area (TPSA) is 72.2 Å². The number of hydrogen-bond acceptors (Lipinski definition) is 4. The van der Waals surface area contributed by atoms with E-state index in [0.717, 1.165) is 34.3 Å². The van der Waals surface area contributed by atoms with Gasteiger partial charge in [0.25, 0.3) is 10.0 Å². The number of benzene rings is 2. The summed E-state index contributed by atoms with van der Waals surface area (Å²) in [5.41, 5.74) is 2.29. The minimum Gasteiger partial charge on any atom is -0.440 e. The molecule has 1 heterocycles. The van der Waals surface area contributed by atoms with Crippen LogP contribution in [0.3, 0.4) is 0 Å². The molecule has 26 heavy (non-hydrogen) atoms. The molecule has 134 valence electrons. The molecule has 1 fully saturated rings. The molecule has 0 unspecified atom stereocenters. The van der Waals surface area contributed by atoms with E-state index in [1.54, 1.807) is 42.6 Å². The second-order valence-electron chi connectivity index (χ2n) is 6.43. The molecular formula is C19H17BrN2O3S. The fourth-order valence-corrected chi connectivity index (χ4v) is 3.96. The first kappa shape index (κ1) is 17.3. The van der Waals surface area contributed by atoms with Crippen LogP contribution in [0, 0.1) is 6.92 Å². The molecule has 7 heteroatoms. The van der Waals surface area contributed by atoms with Gasteiger partial charge in [-0.05, 0) is 67.8 Å². The maximum Gasteiger partial charge on any atom is 0.261 e. The van der Waals surface area contributed by atoms with Gasteiger partial charge in [0.15, 0.2) is 11.7 Å². The third kappa shape index (κ3) is 3.54. The van der Waals surface area contributed by atoms with Gasteiger partial charge in [-0.2, -0.15) is 0 Å². The third-order valence-electron chi connectivity index (χ3n) is 4.31. The van der Waals surface area contributed by atoms with Crippen LogP contribution in [0.4, 0.5) is 5.69 Å². The number of hydrogen-bond donors (Lipinski definition) is 1. The number of aryl methyl sites for hydroxylation is 1. The molecule has 0 amide bonds. The summed E-state index contributed by atoms with van der Waals surface area (Å²) in [5.74, 6) is 1.87. The lowest BCUT2D eigenvalue weighted by Gasteiger charge is -2.10. The van der Waals surface area contributed by atoms with Crippen molar-refractivity contribution >= 4 is 31.6 Å². The van der Waals surface area contributed by atoms with E-state index in [1.807, 2.05) is 13.0 Å². The van der Waals surface area contributed by atoms with Crippen molar-refractivity contribution in [2.75, 3.05) is 4.72 Å². The van der Waals surface area contributed by atoms with Crippen molar-refractivity contribution in [3.8, 4) is 11.3 Å². The average molecular weight is 433 g/mol. The van der Waals surface area contributed by atoms with Crippen molar-refractivity contribution in [1.82, 2.24) is 4.98 Å². The summed E-state index contributed by atoms with van der Waals surface area (Å²) in [6.45, 7) is 1.91. The van der Waals surface area contributed by atoms with Crippen molar-refractivity contribution in [2.24, 2.45) is 0 Å². The minimum absolute atomic E-state index is 0.198. The summed E-state index contributed by atoms with van der Waals surface area (Å²) in [7, 11) is -3.65. The molecule has 0 radical (unpaired) electrons. The Morgan fingerprint density at radius 2 is 1.88 bits per heavy atom. The highest BCUT2D eigenvalue weighted by Gasteiger charge is 2.28. The third-order valence-corrected chi connectivity index (χ3v) is 6.60. The van der Waals surface area contributed by atoms with E-state index < -0.39 is 10.0 Å². The maximum atomic E-state index is 12.6. The number of oxazole rings is 1. The number of nitrogens with zero attached hydrogens (tertiary/aromatic N) is 1. The Balaban J connectivity index is 1.55. The van der Waals surface area contributed by atoms with Gasteiger partial charge in [-0.1, -0.05) is 15.9 Å². The van der Waals surface area contributed by atoms with E-state index in [2.05, 4.69) is 25.6 Å². The Kier molecular flexibility index (Phi) is 4.36. The van der Waals surface area contributed by atoms with Crippen LogP contribution in [-0.4, -0.2) is 13.4 Å². The van der Waals surface area contributed by atoms with E-state index in [1.165, 1.54) is 0 Å². The van der Waals surface area contributed by atoms with Crippen LogP contribution in [0.15, 0.2) is 62.4 Å². The van der Waals surface area contributed by atoms with Crippen molar-refractivity contribution < 1.29 is 12.8 Å². The predicted molar refractivity (Wildman–Crippen MR) is 104 cm³/mol. The van der Waals surface area contributed by atoms with Crippen molar-refractivity contribution in [3.05, 3.63) is 64.6 Å². The SMILES string of the molecule is Cc1cc(NS(=O)(=O)c2ccc(-c3cnc(C4CC4)o3)cc2)ccc1Br. The van der Waals surface area contributed by atoms with Crippen LogP contribution < -0.4 is 4.72 Å². The van der Waals surface area contributed by atoms with Gasteiger partial charge in [-0.25, -0.2) is 13.4 Å². The Hall–Kier alpha value is -2.12. The molecule has 1 aliphatic rings. The summed E-state index contributed by atoms with van der Waals surface area (Å²) in [5, 5.41) is 0. The van der Waals surface area contributed by atoms with Gasteiger partial charge in [0, 0.05) is 21.6 Å². The largest absolute Gasteiger partial charge is 0.440 e. The van der Waals surface area contributed by atoms with Crippen molar-refractivity contribution in [1.29, 1.82) is 0 Å². The van der Waals surface area contributed by atoms with Crippen molar-refractivity contribution in [2.45, 2.75) is 30.6 Å². The molecule has 1 saturated carbocycles. The summed E-state index contributed by atoms with van der Waals surface area (Å²) in [6, 6.07) is 11.9. The van der Waals surface area contributed by atoms with Crippen molar-refractivity contribution in [3.63, 3.8) is 0 Å². The molecular weight excluding hydrogens is 416 g/mol. The monoisotopic (exact) mass is 432 g/mol. The Labute approximate surface area is 160 Å². The quantitative estimate of drug-likeness (QED) is 0.609. The number of nitrogens with one attached hydrogen (secondary N) is 1. The lowest BCUT2D eigenvalue weighted by Crippen LogP contribution is -2.12. The highest BCUT2D eigenvalue weighted by atomic mass is 79.9. The smallest absolute Gasteiger partial charge is 0.261 e. The number of aromatic nitrogens is 1. The van der Waals surface area contributed by atoms with E-state index in [0.29, 0.717) is 17.4 Å². The zero-order valence-electron chi connectivity index (χ0n) is 14.1. The summed E-state index contributed by atoms with van der Waals surface area (Å²) >= 11 is 3.41. The van der Waals surface area contributed by atoms with Gasteiger partial charge in [0.1, 0.15) is 0 Å². The van der Waals surface area contributed by atoms with Crippen LogP contribution in [-0.2, 0) is 10.0 Å². The molecule has 0 spiro atoms. The van der Waals surface area contributed by atoms with E-state index in [-0.39, 0.29) is 4.90 Å². The van der Waals surface area contributed by atoms with E-state index in [9.17, 15) is 8.42 Å². The molecule has 1 N–H and O–H groups in total. The van der Waals surface area contributed by atoms with Crippen LogP contribution in [0.25, 0.3) is 11.3 Å². The van der Waals surface area contributed by atoms with Crippen LogP contribution in [0.2, 0.25) is 0 Å². The normalized spacial score (nSPS) is 14.4. The van der Waals surface area contributed by atoms with Crippen LogP contribution >= 0.6 is 15.9 Å². The van der Waals surface area contributed by atoms with Gasteiger partial charge in [-0.3, -0.25) is 4.72 Å². The molecule has 0 atom stereocenters. The molecule has 0 bridgehead atoms. The molecule has 2 aromatic carbocycles. The predicted octanol–water partition coefficient (Wildman–Crippen LogP) is 5.09. The summed E-state index contributed by atoms with van der Waals surface area (Å²) in [6.07, 6.45) is 3.94. The molecule has 0 saturated heterocycles. The van der Waals surface area contributed by atoms with Gasteiger partial charge >= 0.3 is 0 Å². The van der Waals surface area contributed by atoms with Crippen LogP contribution in [0.1, 0.15) is 30.2 Å². The lowest BCUT2D eigenvalue weighted by atomic mass is 10.2. The molecule has 1 aromatic heterocycles. The molecule has 1 aliphatic carbocycles. The fraction of sp³-hybridized carbons (Fsp3) is 0.211. The van der Waals surface area contributed by atoms with Gasteiger partial charge in [0.2, 0.25) is 0 Å². The highest BCUT2D eigenvalue weighted by molar-refractivity contribution is 9.10. The first-order chi connectivity index (χ1) is 12.4. The molecule has 4 rings (SSSR count). The van der Waals surface area contributed by atoms with E-state index >= 15 is 0 Å². The van der Waals surface area contributed by atoms with Gasteiger partial charge < -0.3 is 4.42 Å². The number of rotatable bonds is 5. The second kappa shape index (κ2) is 6.55. The highest BCUT2D eigenvalue weighted by Crippen LogP contribution is 2.40. The number of sulfonamides is 1. The van der Waals surface area contributed by atoms with Gasteiger partial charge in [0.05, 0.1) is 11.1 Å². The average Bonchev–Trinajstić information content (AvgIpc) is 3.35. The first-order valence-corrected chi connectivity index (χ1v) is 10.6. The lowest BCUT2D eigenvalue weighted by molar-refractivity contribution is 0.509. The zero-order valence-corrected chi connectivity index (χ0v) is 16.5. The zero-order chi connectivity index (χ0) is 18.3. The standard InChI is InChI=1S/C19H17BrN2O3S/c1-12-10-15(6-9-17(12)20)22-26(23,24)16-7-4-13(5-8-16)18-11-21-19(25-18)14-2-3-14/h4-11,14,22H,2-3H2,1H3. The Morgan fingerprint density at radius 3 is 2.54 bits per heavy atom. The Bertz CT molecular complexity index is 1050. The molecule has 5 nitrogen and oxygen atoms in total. The Morgan fingerprint density at radius 1 is 1.15 bits per heavy atom. The van der Waals surface area contributed by atoms with E-state index in [4.69, 9.17) is 4.42 Å². The second-order valence-corrected chi connectivity index (χ2v) is 8.97. The summed E-state index contributed by atoms with van der Waals surface area (Å²) in [4.78, 5) is 4.49. The molecule has 0 aliphatic heterocycles. The maximum absolute atomic E-state index is 12.6.